The molecule has 23 heavy (non-hydrogen) atoms. The van der Waals surface area contributed by atoms with E-state index < -0.39 is 11.7 Å². The minimum Gasteiger partial charge on any atom is -0.494 e. The van der Waals surface area contributed by atoms with Gasteiger partial charge < -0.3 is 14.8 Å². The zero-order valence-corrected chi connectivity index (χ0v) is 13.6. The molecular formula is C17H17ClFNO3. The molecule has 0 aliphatic carbocycles. The highest BCUT2D eigenvalue weighted by molar-refractivity contribution is 6.31. The van der Waals surface area contributed by atoms with E-state index in [0.717, 1.165) is 6.07 Å². The fourth-order valence-corrected chi connectivity index (χ4v) is 2.18. The van der Waals surface area contributed by atoms with Crippen LogP contribution < -0.4 is 14.8 Å². The van der Waals surface area contributed by atoms with Crippen molar-refractivity contribution < 1.29 is 18.7 Å². The Morgan fingerprint density at radius 3 is 2.57 bits per heavy atom. The topological polar surface area (TPSA) is 47.6 Å². The summed E-state index contributed by atoms with van der Waals surface area (Å²) in [6.07, 6.45) is 0. The predicted octanol–water partition coefficient (Wildman–Crippen LogP) is 4.53. The number of carbonyl (C=O) groups excluding carboxylic acids is 1. The van der Waals surface area contributed by atoms with Gasteiger partial charge in [0.25, 0.3) is 5.91 Å². The van der Waals surface area contributed by atoms with Crippen LogP contribution in [0.25, 0.3) is 0 Å². The second kappa shape index (κ2) is 7.83. The minimum absolute atomic E-state index is 0.137. The Kier molecular flexibility index (Phi) is 5.82. The number of amides is 1. The monoisotopic (exact) mass is 337 g/mol. The summed E-state index contributed by atoms with van der Waals surface area (Å²) < 4.78 is 24.7. The molecule has 0 bridgehead atoms. The third kappa shape index (κ3) is 4.36. The first-order valence-corrected chi connectivity index (χ1v) is 7.59. The molecule has 0 aliphatic heterocycles. The Morgan fingerprint density at radius 1 is 1.13 bits per heavy atom. The summed E-state index contributed by atoms with van der Waals surface area (Å²) in [7, 11) is 0. The highest BCUT2D eigenvalue weighted by atomic mass is 35.5. The Labute approximate surface area is 139 Å². The van der Waals surface area contributed by atoms with Crippen molar-refractivity contribution in [3.8, 4) is 11.5 Å². The minimum atomic E-state index is -0.647. The van der Waals surface area contributed by atoms with Crippen LogP contribution in [0.15, 0.2) is 36.4 Å². The van der Waals surface area contributed by atoms with Gasteiger partial charge in [-0.2, -0.15) is 0 Å². The van der Waals surface area contributed by atoms with Crippen LogP contribution in [0.2, 0.25) is 5.02 Å². The second-order valence-electron chi connectivity index (χ2n) is 4.60. The van der Waals surface area contributed by atoms with E-state index >= 15 is 0 Å². The standard InChI is InChI=1S/C17H17ClFNO3/c1-3-22-12-6-8-16(23-4-2)15(10-12)20-17(21)13-9-11(18)5-7-14(13)19/h5-10H,3-4H2,1-2H3,(H,20,21). The lowest BCUT2D eigenvalue weighted by molar-refractivity contribution is 0.102. The fraction of sp³-hybridized carbons (Fsp3) is 0.235. The summed E-state index contributed by atoms with van der Waals surface area (Å²) in [4.78, 5) is 12.3. The number of halogens is 2. The van der Waals surface area contributed by atoms with Gasteiger partial charge in [0.05, 0.1) is 24.5 Å². The van der Waals surface area contributed by atoms with Gasteiger partial charge in [-0.25, -0.2) is 4.39 Å². The molecule has 2 aromatic rings. The maximum absolute atomic E-state index is 13.8. The molecule has 0 saturated heterocycles. The Balaban J connectivity index is 2.31. The van der Waals surface area contributed by atoms with Gasteiger partial charge in [0, 0.05) is 11.1 Å². The quantitative estimate of drug-likeness (QED) is 0.842. The summed E-state index contributed by atoms with van der Waals surface area (Å²) in [6, 6.07) is 8.88. The molecule has 0 unspecified atom stereocenters. The average Bonchev–Trinajstić information content (AvgIpc) is 2.52. The number of carbonyl (C=O) groups is 1. The summed E-state index contributed by atoms with van der Waals surface area (Å²) >= 11 is 5.82. The average molecular weight is 338 g/mol. The molecule has 0 aliphatic rings. The van der Waals surface area contributed by atoms with Gasteiger partial charge in [0.15, 0.2) is 0 Å². The van der Waals surface area contributed by atoms with E-state index in [0.29, 0.717) is 30.4 Å². The van der Waals surface area contributed by atoms with Crippen molar-refractivity contribution >= 4 is 23.2 Å². The third-order valence-electron chi connectivity index (χ3n) is 2.98. The summed E-state index contributed by atoms with van der Waals surface area (Å²) in [5.74, 6) is -0.199. The number of benzene rings is 2. The number of ether oxygens (including phenoxy) is 2. The number of anilines is 1. The molecule has 122 valence electrons. The first-order chi connectivity index (χ1) is 11.0. The first kappa shape index (κ1) is 17.1. The first-order valence-electron chi connectivity index (χ1n) is 7.21. The van der Waals surface area contributed by atoms with Gasteiger partial charge >= 0.3 is 0 Å². The SMILES string of the molecule is CCOc1ccc(OCC)c(NC(=O)c2cc(Cl)ccc2F)c1. The van der Waals surface area contributed by atoms with Crippen molar-refractivity contribution in [2.75, 3.05) is 18.5 Å². The van der Waals surface area contributed by atoms with Crippen molar-refractivity contribution in [2.24, 2.45) is 0 Å². The Hall–Kier alpha value is -2.27. The second-order valence-corrected chi connectivity index (χ2v) is 5.04. The molecule has 0 atom stereocenters. The molecule has 0 fully saturated rings. The molecule has 0 heterocycles. The van der Waals surface area contributed by atoms with E-state index in [2.05, 4.69) is 5.32 Å². The van der Waals surface area contributed by atoms with E-state index in [9.17, 15) is 9.18 Å². The molecular weight excluding hydrogens is 321 g/mol. The van der Waals surface area contributed by atoms with Crippen molar-refractivity contribution in [1.29, 1.82) is 0 Å². The van der Waals surface area contributed by atoms with E-state index in [1.807, 2.05) is 13.8 Å². The van der Waals surface area contributed by atoms with Crippen molar-refractivity contribution in [3.63, 3.8) is 0 Å². The largest absolute Gasteiger partial charge is 0.494 e. The highest BCUT2D eigenvalue weighted by Gasteiger charge is 2.15. The molecule has 2 rings (SSSR count). The summed E-state index contributed by atoms with van der Waals surface area (Å²) in [6.45, 7) is 4.61. The molecule has 2 aromatic carbocycles. The van der Waals surface area contributed by atoms with Gasteiger partial charge in [-0.3, -0.25) is 4.79 Å². The molecule has 1 N–H and O–H groups in total. The van der Waals surface area contributed by atoms with Gasteiger partial charge in [-0.1, -0.05) is 11.6 Å². The highest BCUT2D eigenvalue weighted by Crippen LogP contribution is 2.30. The van der Waals surface area contributed by atoms with Gasteiger partial charge in [0.2, 0.25) is 0 Å². The van der Waals surface area contributed by atoms with Crippen LogP contribution in [0.1, 0.15) is 24.2 Å². The number of hydrogen-bond donors (Lipinski definition) is 1. The van der Waals surface area contributed by atoms with Gasteiger partial charge in [-0.15, -0.1) is 0 Å². The van der Waals surface area contributed by atoms with Crippen molar-refractivity contribution in [2.45, 2.75) is 13.8 Å². The number of nitrogens with one attached hydrogen (secondary N) is 1. The smallest absolute Gasteiger partial charge is 0.258 e. The van der Waals surface area contributed by atoms with E-state index in [-0.39, 0.29) is 10.6 Å². The number of hydrogen-bond acceptors (Lipinski definition) is 3. The molecule has 0 spiro atoms. The predicted molar refractivity (Wildman–Crippen MR) is 88.1 cm³/mol. The number of rotatable bonds is 6. The maximum Gasteiger partial charge on any atom is 0.258 e. The third-order valence-corrected chi connectivity index (χ3v) is 3.22. The van der Waals surface area contributed by atoms with E-state index in [1.54, 1.807) is 18.2 Å². The fourth-order valence-electron chi connectivity index (χ4n) is 2.01. The van der Waals surface area contributed by atoms with Crippen LogP contribution in [0.5, 0.6) is 11.5 Å². The molecule has 0 saturated carbocycles. The normalized spacial score (nSPS) is 10.3. The van der Waals surface area contributed by atoms with Crippen LogP contribution in [0.3, 0.4) is 0 Å². The van der Waals surface area contributed by atoms with E-state index in [1.165, 1.54) is 12.1 Å². The van der Waals surface area contributed by atoms with Gasteiger partial charge in [0.1, 0.15) is 17.3 Å². The van der Waals surface area contributed by atoms with Crippen molar-refractivity contribution in [3.05, 3.63) is 52.8 Å². The van der Waals surface area contributed by atoms with Crippen LogP contribution in [0, 0.1) is 5.82 Å². The Bertz CT molecular complexity index is 706. The summed E-state index contributed by atoms with van der Waals surface area (Å²) in [5, 5.41) is 2.92. The molecule has 0 radical (unpaired) electrons. The molecule has 1 amide bonds. The zero-order chi connectivity index (χ0) is 16.8. The lowest BCUT2D eigenvalue weighted by atomic mass is 10.2. The molecule has 4 nitrogen and oxygen atoms in total. The molecule has 0 aromatic heterocycles. The molecule has 6 heteroatoms. The van der Waals surface area contributed by atoms with Crippen LogP contribution in [-0.2, 0) is 0 Å². The van der Waals surface area contributed by atoms with Crippen LogP contribution in [0.4, 0.5) is 10.1 Å². The van der Waals surface area contributed by atoms with Gasteiger partial charge in [-0.05, 0) is 44.2 Å². The van der Waals surface area contributed by atoms with E-state index in [4.69, 9.17) is 21.1 Å². The maximum atomic E-state index is 13.8. The zero-order valence-electron chi connectivity index (χ0n) is 12.9. The summed E-state index contributed by atoms with van der Waals surface area (Å²) in [5.41, 5.74) is 0.268. The lowest BCUT2D eigenvalue weighted by Crippen LogP contribution is -2.15. The lowest BCUT2D eigenvalue weighted by Gasteiger charge is -2.14. The van der Waals surface area contributed by atoms with Crippen LogP contribution >= 0.6 is 11.6 Å². The Morgan fingerprint density at radius 2 is 1.87 bits per heavy atom. The van der Waals surface area contributed by atoms with Crippen molar-refractivity contribution in [1.82, 2.24) is 0 Å². The van der Waals surface area contributed by atoms with Crippen LogP contribution in [-0.4, -0.2) is 19.1 Å².